The lowest BCUT2D eigenvalue weighted by Crippen LogP contribution is -2.30. The number of carboxylic acids is 1. The molecule has 130 valence electrons. The van der Waals surface area contributed by atoms with Crippen LogP contribution in [0.1, 0.15) is 37.2 Å². The van der Waals surface area contributed by atoms with Gasteiger partial charge in [-0.05, 0) is 37.3 Å². The molecule has 0 saturated heterocycles. The maximum atomic E-state index is 13.8. The van der Waals surface area contributed by atoms with Gasteiger partial charge in [0.1, 0.15) is 10.2 Å². The number of halogens is 3. The molecular weight excluding hydrogens is 449 g/mol. The second-order valence-electron chi connectivity index (χ2n) is 6.43. The lowest BCUT2D eigenvalue weighted by Gasteiger charge is -2.33. The van der Waals surface area contributed by atoms with Gasteiger partial charge in [-0.3, -0.25) is 9.48 Å². The molecule has 0 unspecified atom stereocenters. The van der Waals surface area contributed by atoms with E-state index in [0.717, 1.165) is 0 Å². The highest BCUT2D eigenvalue weighted by atomic mass is 79.9. The second-order valence-corrected chi connectivity index (χ2v) is 7.94. The number of rotatable bonds is 4. The quantitative estimate of drug-likeness (QED) is 0.748. The van der Waals surface area contributed by atoms with Crippen LogP contribution in [0.25, 0.3) is 0 Å². The topological polar surface area (TPSA) is 77.1 Å². The monoisotopic (exact) mass is 463 g/mol. The van der Waals surface area contributed by atoms with Crippen LogP contribution in [-0.2, 0) is 6.54 Å². The summed E-state index contributed by atoms with van der Waals surface area (Å²) in [7, 11) is 0. The average molecular weight is 465 g/mol. The lowest BCUT2D eigenvalue weighted by molar-refractivity contribution is 0.0693. The smallest absolute Gasteiger partial charge is 0.341 e. The molecule has 0 saturated carbocycles. The normalized spacial score (nSPS) is 13.1. The summed E-state index contributed by atoms with van der Waals surface area (Å²) in [6, 6.07) is 0.954. The van der Waals surface area contributed by atoms with Crippen LogP contribution in [0.2, 0.25) is 0 Å². The zero-order chi connectivity index (χ0) is 18.2. The summed E-state index contributed by atoms with van der Waals surface area (Å²) in [6.45, 7) is 6.20. The molecule has 0 radical (unpaired) electrons. The Labute approximate surface area is 154 Å². The zero-order valence-corrected chi connectivity index (χ0v) is 16.4. The molecule has 0 aromatic carbocycles. The molecule has 6 nitrogen and oxygen atoms in total. The van der Waals surface area contributed by atoms with E-state index in [1.165, 1.54) is 23.1 Å². The summed E-state index contributed by atoms with van der Waals surface area (Å²) < 4.78 is 17.2. The van der Waals surface area contributed by atoms with Gasteiger partial charge in [-0.1, -0.05) is 20.8 Å². The van der Waals surface area contributed by atoms with E-state index in [0.29, 0.717) is 0 Å². The first-order valence-electron chi connectivity index (χ1n) is 7.04. The Morgan fingerprint density at radius 3 is 2.50 bits per heavy atom. The van der Waals surface area contributed by atoms with Gasteiger partial charge in [0, 0.05) is 18.5 Å². The van der Waals surface area contributed by atoms with Crippen molar-refractivity contribution in [2.45, 2.75) is 33.4 Å². The first-order chi connectivity index (χ1) is 11.0. The fourth-order valence-corrected chi connectivity index (χ4v) is 3.40. The third kappa shape index (κ3) is 3.77. The molecular formula is C15H16Br2FN3O3. The molecule has 0 aliphatic carbocycles. The number of nitrogens with zero attached hydrogens (tertiary/aromatic N) is 3. The summed E-state index contributed by atoms with van der Waals surface area (Å²) in [5.74, 6) is -1.79. The van der Waals surface area contributed by atoms with Crippen molar-refractivity contribution in [3.8, 4) is 0 Å². The van der Waals surface area contributed by atoms with Crippen LogP contribution in [-0.4, -0.2) is 25.4 Å². The van der Waals surface area contributed by atoms with Crippen LogP contribution in [0.3, 0.4) is 0 Å². The molecule has 2 aromatic rings. The molecule has 0 aliphatic heterocycles. The van der Waals surface area contributed by atoms with Crippen LogP contribution in [0.4, 0.5) is 4.39 Å². The molecule has 0 fully saturated rings. The van der Waals surface area contributed by atoms with E-state index in [2.05, 4.69) is 37.0 Å². The molecule has 0 aliphatic rings. The summed E-state index contributed by atoms with van der Waals surface area (Å²) in [5.41, 5.74) is -1.17. The largest absolute Gasteiger partial charge is 0.477 e. The maximum absolute atomic E-state index is 13.8. The van der Waals surface area contributed by atoms with Gasteiger partial charge < -0.3 is 9.67 Å². The Hall–Kier alpha value is -1.48. The Morgan fingerprint density at radius 1 is 1.42 bits per heavy atom. The van der Waals surface area contributed by atoms with Crippen LogP contribution in [0, 0.1) is 11.2 Å². The molecule has 9 heteroatoms. The molecule has 24 heavy (non-hydrogen) atoms. The first-order valence-corrected chi connectivity index (χ1v) is 8.63. The summed E-state index contributed by atoms with van der Waals surface area (Å²) in [5, 5.41) is 13.2. The minimum absolute atomic E-state index is 0.0909. The minimum Gasteiger partial charge on any atom is -0.477 e. The van der Waals surface area contributed by atoms with E-state index in [1.807, 2.05) is 20.8 Å². The number of hydrogen-bond donors (Lipinski definition) is 1. The SMILES string of the molecule is CC(C)(C)[C@H](Cn1nc(Br)c(F)c1Br)n1ccc(=O)c(C(=O)O)c1. The highest BCUT2D eigenvalue weighted by Gasteiger charge is 2.29. The van der Waals surface area contributed by atoms with Crippen LogP contribution in [0.5, 0.6) is 0 Å². The number of hydrogen-bond acceptors (Lipinski definition) is 3. The molecule has 1 N–H and O–H groups in total. The van der Waals surface area contributed by atoms with Gasteiger partial charge in [0.25, 0.3) is 0 Å². The van der Waals surface area contributed by atoms with Gasteiger partial charge >= 0.3 is 5.97 Å². The summed E-state index contributed by atoms with van der Waals surface area (Å²) in [4.78, 5) is 22.9. The summed E-state index contributed by atoms with van der Waals surface area (Å²) in [6.07, 6.45) is 2.84. The third-order valence-electron chi connectivity index (χ3n) is 3.67. The van der Waals surface area contributed by atoms with Gasteiger partial charge in [-0.25, -0.2) is 9.18 Å². The predicted molar refractivity (Wildman–Crippen MR) is 93.7 cm³/mol. The van der Waals surface area contributed by atoms with Crippen molar-refractivity contribution in [1.82, 2.24) is 14.3 Å². The van der Waals surface area contributed by atoms with Gasteiger partial charge in [-0.2, -0.15) is 5.10 Å². The fourth-order valence-electron chi connectivity index (χ4n) is 2.35. The number of pyridine rings is 1. The Morgan fingerprint density at radius 2 is 2.04 bits per heavy atom. The van der Waals surface area contributed by atoms with Crippen molar-refractivity contribution < 1.29 is 14.3 Å². The number of carbonyl (C=O) groups is 1. The van der Waals surface area contributed by atoms with Crippen molar-refractivity contribution >= 4 is 37.8 Å². The van der Waals surface area contributed by atoms with Crippen molar-refractivity contribution in [3.63, 3.8) is 0 Å². The van der Waals surface area contributed by atoms with Crippen molar-refractivity contribution in [2.75, 3.05) is 0 Å². The molecule has 0 spiro atoms. The van der Waals surface area contributed by atoms with Crippen LogP contribution < -0.4 is 5.43 Å². The first kappa shape index (κ1) is 18.9. The second kappa shape index (κ2) is 6.79. The highest BCUT2D eigenvalue weighted by Crippen LogP contribution is 2.33. The zero-order valence-electron chi connectivity index (χ0n) is 13.3. The maximum Gasteiger partial charge on any atom is 0.341 e. The van der Waals surface area contributed by atoms with E-state index >= 15 is 0 Å². The van der Waals surface area contributed by atoms with Crippen LogP contribution in [0.15, 0.2) is 32.5 Å². The molecule has 2 heterocycles. The average Bonchev–Trinajstić information content (AvgIpc) is 2.71. The van der Waals surface area contributed by atoms with Crippen molar-refractivity contribution in [3.05, 3.63) is 49.3 Å². The highest BCUT2D eigenvalue weighted by molar-refractivity contribution is 9.11. The Kier molecular flexibility index (Phi) is 5.34. The van der Waals surface area contributed by atoms with Gasteiger partial charge in [0.2, 0.25) is 0 Å². The van der Waals surface area contributed by atoms with E-state index in [9.17, 15) is 14.0 Å². The van der Waals surface area contributed by atoms with Crippen LogP contribution >= 0.6 is 31.9 Å². The van der Waals surface area contributed by atoms with E-state index < -0.39 is 17.2 Å². The minimum atomic E-state index is -1.28. The molecule has 2 rings (SSSR count). The van der Waals surface area contributed by atoms with E-state index in [4.69, 9.17) is 5.11 Å². The summed E-state index contributed by atoms with van der Waals surface area (Å²) >= 11 is 6.20. The number of aromatic nitrogens is 3. The number of aromatic carboxylic acids is 1. The molecule has 1 atom stereocenters. The van der Waals surface area contributed by atoms with E-state index in [1.54, 1.807) is 4.57 Å². The molecule has 0 bridgehead atoms. The predicted octanol–water partition coefficient (Wildman–Crippen LogP) is 3.69. The van der Waals surface area contributed by atoms with Crippen molar-refractivity contribution in [1.29, 1.82) is 0 Å². The number of carboxylic acid groups (broad SMARTS) is 1. The third-order valence-corrected chi connectivity index (χ3v) is 4.94. The molecule has 0 amide bonds. The van der Waals surface area contributed by atoms with Gasteiger partial charge in [0.05, 0.1) is 12.6 Å². The fraction of sp³-hybridized carbons (Fsp3) is 0.400. The Bertz CT molecular complexity index is 839. The van der Waals surface area contributed by atoms with Crippen molar-refractivity contribution in [2.24, 2.45) is 5.41 Å². The standard InChI is InChI=1S/C15H16Br2FN3O3/c1-15(2,3)10(7-21-13(17)11(18)12(16)19-21)20-5-4-9(22)8(6-20)14(23)24/h4-6,10H,7H2,1-3H3,(H,23,24)/t10-/m0/s1. The Balaban J connectivity index is 2.51. The lowest BCUT2D eigenvalue weighted by atomic mass is 9.86. The molecule has 2 aromatic heterocycles. The van der Waals surface area contributed by atoms with Gasteiger partial charge in [-0.15, -0.1) is 0 Å². The van der Waals surface area contributed by atoms with Gasteiger partial charge in [0.15, 0.2) is 15.8 Å². The van der Waals surface area contributed by atoms with E-state index in [-0.39, 0.29) is 32.8 Å².